The second-order valence-corrected chi connectivity index (χ2v) is 5.14. The zero-order chi connectivity index (χ0) is 20.6. The highest BCUT2D eigenvalue weighted by Crippen LogP contribution is 2.37. The molecule has 11 heteroatoms. The maximum absolute atomic E-state index is 13.8. The summed E-state index contributed by atoms with van der Waals surface area (Å²) in [5.41, 5.74) is -1.77. The third kappa shape index (κ3) is 4.34. The Morgan fingerprint density at radius 3 is 1.93 bits per heavy atom. The van der Waals surface area contributed by atoms with Crippen LogP contribution in [0.25, 0.3) is 0 Å². The Morgan fingerprint density at radius 1 is 0.889 bits per heavy atom. The highest BCUT2D eigenvalue weighted by molar-refractivity contribution is 6.09. The molecule has 2 nitrogen and oxygen atoms in total. The predicted molar refractivity (Wildman–Crippen MR) is 72.7 cm³/mol. The minimum atomic E-state index is -5.97. The molecule has 0 amide bonds. The van der Waals surface area contributed by atoms with E-state index in [2.05, 4.69) is 4.74 Å². The van der Waals surface area contributed by atoms with Gasteiger partial charge in [-0.1, -0.05) is 6.07 Å². The van der Waals surface area contributed by atoms with E-state index >= 15 is 0 Å². The zero-order valence-electron chi connectivity index (χ0n) is 12.8. The minimum absolute atomic E-state index is 0.209. The molecule has 2 rings (SSSR count). The molecule has 146 valence electrons. The van der Waals surface area contributed by atoms with Crippen molar-refractivity contribution < 1.29 is 49.0 Å². The van der Waals surface area contributed by atoms with Gasteiger partial charge in [0.25, 0.3) is 6.17 Å². The molecule has 0 saturated heterocycles. The molecule has 0 aliphatic heterocycles. The number of hydrogen-bond acceptors (Lipinski definition) is 2. The van der Waals surface area contributed by atoms with Crippen LogP contribution in [0.4, 0.5) is 39.5 Å². The summed E-state index contributed by atoms with van der Waals surface area (Å²) in [7, 11) is 0. The quantitative estimate of drug-likeness (QED) is 0.507. The number of carbonyl (C=O) groups is 1. The van der Waals surface area contributed by atoms with Gasteiger partial charge in [-0.3, -0.25) is 4.79 Å². The summed E-state index contributed by atoms with van der Waals surface area (Å²) in [6.07, 6.45) is -16.2. The van der Waals surface area contributed by atoms with Gasteiger partial charge >= 0.3 is 12.3 Å². The van der Waals surface area contributed by atoms with Crippen LogP contribution < -0.4 is 4.74 Å². The first-order chi connectivity index (χ1) is 12.3. The zero-order valence-corrected chi connectivity index (χ0v) is 12.8. The number of carbonyl (C=O) groups excluding carboxylic acids is 1. The lowest BCUT2D eigenvalue weighted by molar-refractivity contribution is -0.305. The molecule has 1 atom stereocenters. The van der Waals surface area contributed by atoms with Crippen molar-refractivity contribution in [1.29, 1.82) is 0 Å². The van der Waals surface area contributed by atoms with Gasteiger partial charge in [-0.15, -0.1) is 0 Å². The first-order valence-corrected chi connectivity index (χ1v) is 6.90. The molecule has 0 aromatic heterocycles. The van der Waals surface area contributed by atoms with Gasteiger partial charge < -0.3 is 4.74 Å². The van der Waals surface area contributed by atoms with Crippen LogP contribution in [0.5, 0.6) is 5.75 Å². The first kappa shape index (κ1) is 20.6. The van der Waals surface area contributed by atoms with Gasteiger partial charge in [-0.2, -0.15) is 22.0 Å². The van der Waals surface area contributed by atoms with Crippen LogP contribution >= 0.6 is 0 Å². The standard InChI is InChI=1S/C16H7F9O2/c17-8-2-1-3-9(18)12(8)13(26)7-4-5-11(10(19)6-7)27-16(24,25)14(20)15(21,22)23/h1-6,14H. The highest BCUT2D eigenvalue weighted by Gasteiger charge is 2.59. The number of ketones is 1. The van der Waals surface area contributed by atoms with Crippen LogP contribution in [0.3, 0.4) is 0 Å². The van der Waals surface area contributed by atoms with E-state index < -0.39 is 58.6 Å². The third-order valence-electron chi connectivity index (χ3n) is 3.21. The summed E-state index contributed by atoms with van der Waals surface area (Å²) >= 11 is 0. The Labute approximate surface area is 145 Å². The average Bonchev–Trinajstić information content (AvgIpc) is 2.54. The number of rotatable bonds is 5. The fraction of sp³-hybridized carbons (Fsp3) is 0.188. The molecule has 0 aliphatic rings. The maximum atomic E-state index is 13.8. The van der Waals surface area contributed by atoms with E-state index in [0.717, 1.165) is 18.2 Å². The van der Waals surface area contributed by atoms with E-state index in [1.807, 2.05) is 0 Å². The molecule has 2 aromatic carbocycles. The van der Waals surface area contributed by atoms with Crippen molar-refractivity contribution in [3.8, 4) is 5.75 Å². The van der Waals surface area contributed by atoms with E-state index in [1.54, 1.807) is 0 Å². The van der Waals surface area contributed by atoms with Gasteiger partial charge in [-0.05, 0) is 30.3 Å². The van der Waals surface area contributed by atoms with Crippen molar-refractivity contribution in [1.82, 2.24) is 0 Å². The number of halogens is 9. The fourth-order valence-corrected chi connectivity index (χ4v) is 1.97. The Bertz CT molecular complexity index is 841. The van der Waals surface area contributed by atoms with E-state index in [-0.39, 0.29) is 6.07 Å². The van der Waals surface area contributed by atoms with Crippen LogP contribution in [0.1, 0.15) is 15.9 Å². The molecule has 0 aliphatic carbocycles. The van der Waals surface area contributed by atoms with Crippen LogP contribution in [-0.2, 0) is 0 Å². The Hall–Kier alpha value is -2.72. The van der Waals surface area contributed by atoms with Crippen LogP contribution in [0.15, 0.2) is 36.4 Å². The minimum Gasteiger partial charge on any atom is -0.427 e. The summed E-state index contributed by atoms with van der Waals surface area (Å²) in [5, 5.41) is 0. The Balaban J connectivity index is 2.32. The lowest BCUT2D eigenvalue weighted by Gasteiger charge is -2.23. The van der Waals surface area contributed by atoms with E-state index in [9.17, 15) is 44.3 Å². The summed E-state index contributed by atoms with van der Waals surface area (Å²) < 4.78 is 120. The van der Waals surface area contributed by atoms with E-state index in [4.69, 9.17) is 0 Å². The third-order valence-corrected chi connectivity index (χ3v) is 3.21. The van der Waals surface area contributed by atoms with Gasteiger partial charge in [0.05, 0.1) is 5.56 Å². The molecule has 2 aromatic rings. The van der Waals surface area contributed by atoms with Crippen molar-refractivity contribution in [3.63, 3.8) is 0 Å². The lowest BCUT2D eigenvalue weighted by atomic mass is 10.0. The van der Waals surface area contributed by atoms with Gasteiger partial charge in [-0.25, -0.2) is 17.6 Å². The molecule has 0 spiro atoms. The van der Waals surface area contributed by atoms with Gasteiger partial charge in [0, 0.05) is 5.56 Å². The molecule has 0 bridgehead atoms. The van der Waals surface area contributed by atoms with Crippen molar-refractivity contribution >= 4 is 5.78 Å². The Morgan fingerprint density at radius 2 is 1.44 bits per heavy atom. The van der Waals surface area contributed by atoms with Gasteiger partial charge in [0.15, 0.2) is 17.3 Å². The molecular formula is C16H7F9O2. The van der Waals surface area contributed by atoms with Crippen molar-refractivity contribution in [2.75, 3.05) is 0 Å². The molecule has 0 radical (unpaired) electrons. The molecule has 0 saturated carbocycles. The topological polar surface area (TPSA) is 26.3 Å². The highest BCUT2D eigenvalue weighted by atomic mass is 19.4. The van der Waals surface area contributed by atoms with Crippen molar-refractivity contribution in [3.05, 3.63) is 65.0 Å². The van der Waals surface area contributed by atoms with Crippen molar-refractivity contribution in [2.45, 2.75) is 18.5 Å². The molecule has 1 unspecified atom stereocenters. The van der Waals surface area contributed by atoms with Crippen LogP contribution in [-0.4, -0.2) is 24.2 Å². The fourth-order valence-electron chi connectivity index (χ4n) is 1.97. The molecule has 0 fully saturated rings. The lowest BCUT2D eigenvalue weighted by Crippen LogP contribution is -2.45. The number of hydrogen-bond donors (Lipinski definition) is 0. The second-order valence-electron chi connectivity index (χ2n) is 5.14. The average molecular weight is 402 g/mol. The number of alkyl halides is 6. The molecule has 0 N–H and O–H groups in total. The first-order valence-electron chi connectivity index (χ1n) is 6.90. The van der Waals surface area contributed by atoms with Crippen LogP contribution in [0.2, 0.25) is 0 Å². The molecule has 0 heterocycles. The normalized spacial score (nSPS) is 13.4. The summed E-state index contributed by atoms with van der Waals surface area (Å²) in [6.45, 7) is 0. The van der Waals surface area contributed by atoms with Crippen molar-refractivity contribution in [2.24, 2.45) is 0 Å². The Kier molecular flexibility index (Phi) is 5.43. The van der Waals surface area contributed by atoms with Crippen LogP contribution in [0, 0.1) is 17.5 Å². The van der Waals surface area contributed by atoms with Gasteiger partial charge in [0.1, 0.15) is 11.6 Å². The number of benzene rings is 2. The largest absolute Gasteiger partial charge is 0.439 e. The van der Waals surface area contributed by atoms with E-state index in [0.29, 0.717) is 12.1 Å². The second kappa shape index (κ2) is 7.12. The predicted octanol–water partition coefficient (Wildman–Crippen LogP) is 5.21. The summed E-state index contributed by atoms with van der Waals surface area (Å²) in [4.78, 5) is 12.0. The smallest absolute Gasteiger partial charge is 0.427 e. The SMILES string of the molecule is O=C(c1ccc(OC(F)(F)C(F)C(F)(F)F)c(F)c1)c1c(F)cccc1F. The van der Waals surface area contributed by atoms with E-state index in [1.165, 1.54) is 0 Å². The molecule has 27 heavy (non-hydrogen) atoms. The molecular weight excluding hydrogens is 395 g/mol. The monoisotopic (exact) mass is 402 g/mol. The maximum Gasteiger partial charge on any atom is 0.439 e. The summed E-state index contributed by atoms with van der Waals surface area (Å²) in [6, 6.07) is 3.52. The van der Waals surface area contributed by atoms with Gasteiger partial charge in [0.2, 0.25) is 0 Å². The summed E-state index contributed by atoms with van der Waals surface area (Å²) in [5.74, 6) is -7.19. The number of ether oxygens (including phenoxy) is 1.